The second kappa shape index (κ2) is 7.05. The van der Waals surface area contributed by atoms with E-state index in [2.05, 4.69) is 31.3 Å². The fourth-order valence-corrected chi connectivity index (χ4v) is 3.33. The summed E-state index contributed by atoms with van der Waals surface area (Å²) in [6, 6.07) is 14.6. The van der Waals surface area contributed by atoms with Gasteiger partial charge in [-0.3, -0.25) is 0 Å². The van der Waals surface area contributed by atoms with Crippen LogP contribution in [0.25, 0.3) is 0 Å². The number of aliphatic hydroxyl groups is 1. The van der Waals surface area contributed by atoms with Gasteiger partial charge in [0.1, 0.15) is 0 Å². The molecule has 0 heterocycles. The van der Waals surface area contributed by atoms with Crippen LogP contribution in [0.2, 0.25) is 0 Å². The minimum atomic E-state index is -3.23. The van der Waals surface area contributed by atoms with Gasteiger partial charge in [0.05, 0.1) is 10.5 Å². The van der Waals surface area contributed by atoms with Crippen molar-refractivity contribution in [3.05, 3.63) is 65.2 Å². The average Bonchev–Trinajstić information content (AvgIpc) is 2.52. The van der Waals surface area contributed by atoms with E-state index in [0.29, 0.717) is 12.1 Å². The summed E-state index contributed by atoms with van der Waals surface area (Å²) in [6.45, 7) is 6.21. The van der Waals surface area contributed by atoms with Crippen molar-refractivity contribution in [1.82, 2.24) is 5.32 Å². The summed E-state index contributed by atoms with van der Waals surface area (Å²) in [4.78, 5) is 0.253. The summed E-state index contributed by atoms with van der Waals surface area (Å²) in [7, 11) is -3.23. The molecule has 0 radical (unpaired) electrons. The molecule has 0 amide bonds. The molecule has 0 bridgehead atoms. The highest BCUT2D eigenvalue weighted by Crippen LogP contribution is 2.24. The number of aryl methyl sites for hydroxylation is 1. The van der Waals surface area contributed by atoms with E-state index in [-0.39, 0.29) is 10.9 Å². The van der Waals surface area contributed by atoms with Crippen LogP contribution in [0.15, 0.2) is 53.4 Å². The monoisotopic (exact) mass is 347 g/mol. The van der Waals surface area contributed by atoms with Gasteiger partial charge < -0.3 is 10.4 Å². The molecule has 0 aromatic heterocycles. The lowest BCUT2D eigenvalue weighted by Crippen LogP contribution is -2.36. The van der Waals surface area contributed by atoms with Crippen LogP contribution in [-0.4, -0.2) is 26.3 Å². The molecule has 0 aliphatic rings. The molecule has 2 rings (SSSR count). The summed E-state index contributed by atoms with van der Waals surface area (Å²) in [5, 5.41) is 14.1. The standard InChI is InChI=1S/C19H25NO3S/c1-14-7-5-6-8-18(14)15(2)20-13-19(3,21)16-9-11-17(12-10-16)24(4,22)23/h5-12,15,20-21H,13H2,1-4H3. The van der Waals surface area contributed by atoms with Crippen molar-refractivity contribution in [3.63, 3.8) is 0 Å². The molecule has 0 saturated carbocycles. The number of benzene rings is 2. The fourth-order valence-electron chi connectivity index (χ4n) is 2.70. The summed E-state index contributed by atoms with van der Waals surface area (Å²) in [6.07, 6.45) is 1.17. The van der Waals surface area contributed by atoms with Gasteiger partial charge >= 0.3 is 0 Å². The molecule has 4 nitrogen and oxygen atoms in total. The highest BCUT2D eigenvalue weighted by Gasteiger charge is 2.24. The highest BCUT2D eigenvalue weighted by atomic mass is 32.2. The van der Waals surface area contributed by atoms with Gasteiger partial charge in [0, 0.05) is 18.8 Å². The number of hydrogen-bond acceptors (Lipinski definition) is 4. The molecule has 2 unspecified atom stereocenters. The van der Waals surface area contributed by atoms with Gasteiger partial charge in [-0.15, -0.1) is 0 Å². The molecule has 0 spiro atoms. The third-order valence-corrected chi connectivity index (χ3v) is 5.44. The molecule has 2 aromatic carbocycles. The van der Waals surface area contributed by atoms with E-state index in [1.54, 1.807) is 19.1 Å². The predicted octanol–water partition coefficient (Wildman–Crippen LogP) is 2.96. The maximum Gasteiger partial charge on any atom is 0.175 e. The first-order chi connectivity index (χ1) is 11.1. The van der Waals surface area contributed by atoms with E-state index in [1.807, 2.05) is 12.1 Å². The maximum absolute atomic E-state index is 11.5. The summed E-state index contributed by atoms with van der Waals surface area (Å²) >= 11 is 0. The SMILES string of the molecule is Cc1ccccc1C(C)NCC(C)(O)c1ccc(S(C)(=O)=O)cc1. The van der Waals surface area contributed by atoms with E-state index >= 15 is 0 Å². The van der Waals surface area contributed by atoms with Crippen LogP contribution in [0.5, 0.6) is 0 Å². The lowest BCUT2D eigenvalue weighted by Gasteiger charge is -2.27. The molecular formula is C19H25NO3S. The van der Waals surface area contributed by atoms with Crippen molar-refractivity contribution in [3.8, 4) is 0 Å². The van der Waals surface area contributed by atoms with Gasteiger partial charge in [-0.2, -0.15) is 0 Å². The Morgan fingerprint density at radius 2 is 1.71 bits per heavy atom. The Hall–Kier alpha value is -1.69. The third-order valence-electron chi connectivity index (χ3n) is 4.31. The number of nitrogens with one attached hydrogen (secondary N) is 1. The Balaban J connectivity index is 2.09. The zero-order chi connectivity index (χ0) is 18.0. The molecule has 0 aliphatic heterocycles. The van der Waals surface area contributed by atoms with Crippen LogP contribution in [0.4, 0.5) is 0 Å². The largest absolute Gasteiger partial charge is 0.384 e. The summed E-state index contributed by atoms with van der Waals surface area (Å²) in [5.41, 5.74) is 1.99. The summed E-state index contributed by atoms with van der Waals surface area (Å²) in [5.74, 6) is 0. The quantitative estimate of drug-likeness (QED) is 0.843. The normalized spacial score (nSPS) is 15.7. The van der Waals surface area contributed by atoms with E-state index in [1.165, 1.54) is 29.5 Å². The molecule has 5 heteroatoms. The topological polar surface area (TPSA) is 66.4 Å². The van der Waals surface area contributed by atoms with Crippen LogP contribution < -0.4 is 5.32 Å². The first-order valence-corrected chi connectivity index (χ1v) is 9.82. The Morgan fingerprint density at radius 3 is 2.25 bits per heavy atom. The Kier molecular flexibility index (Phi) is 5.48. The Labute approximate surface area is 144 Å². The highest BCUT2D eigenvalue weighted by molar-refractivity contribution is 7.90. The van der Waals surface area contributed by atoms with E-state index in [4.69, 9.17) is 0 Å². The van der Waals surface area contributed by atoms with E-state index < -0.39 is 15.4 Å². The van der Waals surface area contributed by atoms with Crippen LogP contribution in [0.1, 0.15) is 36.6 Å². The van der Waals surface area contributed by atoms with Crippen molar-refractivity contribution >= 4 is 9.84 Å². The molecule has 2 atom stereocenters. The molecule has 24 heavy (non-hydrogen) atoms. The van der Waals surface area contributed by atoms with Gasteiger partial charge in [0.2, 0.25) is 0 Å². The zero-order valence-corrected chi connectivity index (χ0v) is 15.4. The molecule has 2 aromatic rings. The van der Waals surface area contributed by atoms with Crippen LogP contribution in [0, 0.1) is 6.92 Å². The van der Waals surface area contributed by atoms with Crippen LogP contribution in [-0.2, 0) is 15.4 Å². The van der Waals surface area contributed by atoms with Crippen molar-refractivity contribution in [1.29, 1.82) is 0 Å². The average molecular weight is 347 g/mol. The molecule has 130 valence electrons. The van der Waals surface area contributed by atoms with Gasteiger partial charge in [-0.05, 0) is 49.6 Å². The van der Waals surface area contributed by atoms with E-state index in [9.17, 15) is 13.5 Å². The van der Waals surface area contributed by atoms with Gasteiger partial charge in [-0.1, -0.05) is 36.4 Å². The van der Waals surface area contributed by atoms with Crippen molar-refractivity contribution in [2.75, 3.05) is 12.8 Å². The van der Waals surface area contributed by atoms with Gasteiger partial charge in [0.15, 0.2) is 9.84 Å². The second-order valence-corrected chi connectivity index (χ2v) is 8.55. The van der Waals surface area contributed by atoms with Crippen molar-refractivity contribution in [2.24, 2.45) is 0 Å². The first-order valence-electron chi connectivity index (χ1n) is 7.93. The summed E-state index contributed by atoms with van der Waals surface area (Å²) < 4.78 is 23.0. The predicted molar refractivity (Wildman–Crippen MR) is 96.7 cm³/mol. The fraction of sp³-hybridized carbons (Fsp3) is 0.368. The maximum atomic E-state index is 11.5. The minimum absolute atomic E-state index is 0.105. The number of sulfone groups is 1. The lowest BCUT2D eigenvalue weighted by atomic mass is 9.95. The van der Waals surface area contributed by atoms with Gasteiger partial charge in [0.25, 0.3) is 0 Å². The molecule has 2 N–H and O–H groups in total. The Bertz CT molecular complexity index is 796. The van der Waals surface area contributed by atoms with Crippen molar-refractivity contribution < 1.29 is 13.5 Å². The lowest BCUT2D eigenvalue weighted by molar-refractivity contribution is 0.0543. The van der Waals surface area contributed by atoms with Crippen LogP contribution >= 0.6 is 0 Å². The molecular weight excluding hydrogens is 322 g/mol. The smallest absolute Gasteiger partial charge is 0.175 e. The minimum Gasteiger partial charge on any atom is -0.384 e. The molecule has 0 saturated heterocycles. The Morgan fingerprint density at radius 1 is 1.12 bits per heavy atom. The molecule has 0 aliphatic carbocycles. The van der Waals surface area contributed by atoms with Crippen molar-refractivity contribution in [2.45, 2.75) is 37.3 Å². The number of hydrogen-bond donors (Lipinski definition) is 2. The molecule has 0 fully saturated rings. The first kappa shape index (κ1) is 18.6. The number of rotatable bonds is 6. The zero-order valence-electron chi connectivity index (χ0n) is 14.6. The van der Waals surface area contributed by atoms with E-state index in [0.717, 1.165) is 0 Å². The van der Waals surface area contributed by atoms with Crippen LogP contribution in [0.3, 0.4) is 0 Å². The third kappa shape index (κ3) is 4.44. The second-order valence-electron chi connectivity index (χ2n) is 6.53. The van der Waals surface area contributed by atoms with Gasteiger partial charge in [-0.25, -0.2) is 8.42 Å².